The number of rotatable bonds is 3. The van der Waals surface area contributed by atoms with Crippen molar-refractivity contribution in [3.63, 3.8) is 0 Å². The molecule has 2 aliphatic heterocycles. The third-order valence-corrected chi connectivity index (χ3v) is 4.84. The molecule has 2 bridgehead atoms. The predicted octanol–water partition coefficient (Wildman–Crippen LogP) is 3.62. The van der Waals surface area contributed by atoms with Crippen LogP contribution >= 0.6 is 28.3 Å². The third kappa shape index (κ3) is 4.20. The highest BCUT2D eigenvalue weighted by Gasteiger charge is 2.38. The number of halogens is 2. The first kappa shape index (κ1) is 18.6. The van der Waals surface area contributed by atoms with Gasteiger partial charge >= 0.3 is 0 Å². The van der Waals surface area contributed by atoms with Crippen molar-refractivity contribution >= 4 is 34.2 Å². The monoisotopic (exact) mass is 402 g/mol. The number of benzene rings is 1. The molecule has 0 aromatic heterocycles. The van der Waals surface area contributed by atoms with Crippen LogP contribution in [0.25, 0.3) is 0 Å². The first-order chi connectivity index (χ1) is 10.5. The minimum atomic E-state index is 0. The van der Waals surface area contributed by atoms with Crippen molar-refractivity contribution in [1.29, 1.82) is 0 Å². The second kappa shape index (κ2) is 7.86. The van der Waals surface area contributed by atoms with Gasteiger partial charge in [0, 0.05) is 28.7 Å². The summed E-state index contributed by atoms with van der Waals surface area (Å²) in [7, 11) is 0. The summed E-state index contributed by atoms with van der Waals surface area (Å²) >= 11 is 3.49. The standard InChI is InChI=1S/C17H23BrN2O2.ClH/c1-11(2)22-16-8-12(7-13(18)9-16)17(21)20-14-3-4-15(20)10-19-6-5-14;/h7-9,11,14-15,19H,3-6,10H2,1-2H3;1H. The second-order valence-electron chi connectivity index (χ2n) is 6.43. The molecule has 2 unspecified atom stereocenters. The number of amides is 1. The number of carbonyl (C=O) groups is 1. The molecule has 2 saturated heterocycles. The van der Waals surface area contributed by atoms with Crippen molar-refractivity contribution in [2.24, 2.45) is 0 Å². The lowest BCUT2D eigenvalue weighted by atomic mass is 10.1. The van der Waals surface area contributed by atoms with E-state index in [1.807, 2.05) is 32.0 Å². The van der Waals surface area contributed by atoms with Crippen LogP contribution < -0.4 is 10.1 Å². The van der Waals surface area contributed by atoms with Crippen LogP contribution in [0.4, 0.5) is 0 Å². The molecule has 1 aromatic carbocycles. The van der Waals surface area contributed by atoms with E-state index in [-0.39, 0.29) is 24.4 Å². The van der Waals surface area contributed by atoms with Crippen LogP contribution in [0.5, 0.6) is 5.75 Å². The molecule has 2 atom stereocenters. The van der Waals surface area contributed by atoms with Crippen LogP contribution in [-0.2, 0) is 0 Å². The van der Waals surface area contributed by atoms with Crippen LogP contribution in [0.3, 0.4) is 0 Å². The third-order valence-electron chi connectivity index (χ3n) is 4.38. The Morgan fingerprint density at radius 1 is 1.26 bits per heavy atom. The van der Waals surface area contributed by atoms with Crippen LogP contribution in [0.1, 0.15) is 43.5 Å². The molecule has 3 rings (SSSR count). The van der Waals surface area contributed by atoms with Gasteiger partial charge < -0.3 is 15.0 Å². The fourth-order valence-corrected chi connectivity index (χ4v) is 3.96. The maximum absolute atomic E-state index is 13.0. The Balaban J connectivity index is 0.00000192. The Morgan fingerprint density at radius 2 is 2.00 bits per heavy atom. The molecule has 1 amide bonds. The van der Waals surface area contributed by atoms with Gasteiger partial charge in [-0.1, -0.05) is 15.9 Å². The molecule has 0 radical (unpaired) electrons. The lowest BCUT2D eigenvalue weighted by molar-refractivity contribution is 0.0679. The average Bonchev–Trinajstić information content (AvgIpc) is 2.69. The Morgan fingerprint density at radius 3 is 2.74 bits per heavy atom. The molecular weight excluding hydrogens is 380 g/mol. The van der Waals surface area contributed by atoms with Gasteiger partial charge in [0.15, 0.2) is 0 Å². The van der Waals surface area contributed by atoms with Gasteiger partial charge in [-0.25, -0.2) is 0 Å². The van der Waals surface area contributed by atoms with E-state index < -0.39 is 0 Å². The van der Waals surface area contributed by atoms with Crippen LogP contribution in [0.15, 0.2) is 22.7 Å². The van der Waals surface area contributed by atoms with E-state index in [2.05, 4.69) is 26.1 Å². The summed E-state index contributed by atoms with van der Waals surface area (Å²) in [5.74, 6) is 0.874. The first-order valence-electron chi connectivity index (χ1n) is 8.05. The molecule has 4 nitrogen and oxygen atoms in total. The fourth-order valence-electron chi connectivity index (χ4n) is 3.49. The first-order valence-corrected chi connectivity index (χ1v) is 8.84. The van der Waals surface area contributed by atoms with Gasteiger partial charge in [-0.05, 0) is 57.9 Å². The summed E-state index contributed by atoms with van der Waals surface area (Å²) in [6.45, 7) is 5.89. The Labute approximate surface area is 152 Å². The number of fused-ring (bicyclic) bond motifs is 2. The zero-order valence-corrected chi connectivity index (χ0v) is 16.0. The van der Waals surface area contributed by atoms with Crippen molar-refractivity contribution in [3.05, 3.63) is 28.2 Å². The Hall–Kier alpha value is -0.780. The molecule has 2 aliphatic rings. The summed E-state index contributed by atoms with van der Waals surface area (Å²) in [5, 5.41) is 3.44. The Bertz CT molecular complexity index is 554. The van der Waals surface area contributed by atoms with Crippen molar-refractivity contribution in [2.75, 3.05) is 13.1 Å². The van der Waals surface area contributed by atoms with Crippen molar-refractivity contribution < 1.29 is 9.53 Å². The lowest BCUT2D eigenvalue weighted by Crippen LogP contribution is -2.42. The minimum Gasteiger partial charge on any atom is -0.491 e. The van der Waals surface area contributed by atoms with Gasteiger partial charge in [0.1, 0.15) is 5.75 Å². The molecule has 23 heavy (non-hydrogen) atoms. The molecule has 2 fully saturated rings. The summed E-state index contributed by atoms with van der Waals surface area (Å²) in [6, 6.07) is 6.38. The van der Waals surface area contributed by atoms with Gasteiger partial charge in [-0.3, -0.25) is 4.79 Å². The highest BCUT2D eigenvalue weighted by atomic mass is 79.9. The van der Waals surface area contributed by atoms with Crippen molar-refractivity contribution in [3.8, 4) is 5.75 Å². The summed E-state index contributed by atoms with van der Waals surface area (Å²) in [4.78, 5) is 15.1. The number of hydrogen-bond donors (Lipinski definition) is 1. The van der Waals surface area contributed by atoms with Gasteiger partial charge in [-0.15, -0.1) is 12.4 Å². The van der Waals surface area contributed by atoms with Crippen molar-refractivity contribution in [1.82, 2.24) is 10.2 Å². The minimum absolute atomic E-state index is 0. The van der Waals surface area contributed by atoms with E-state index in [1.54, 1.807) is 0 Å². The van der Waals surface area contributed by atoms with E-state index in [9.17, 15) is 4.79 Å². The summed E-state index contributed by atoms with van der Waals surface area (Å²) in [6.07, 6.45) is 3.37. The topological polar surface area (TPSA) is 41.6 Å². The largest absolute Gasteiger partial charge is 0.491 e. The number of hydrogen-bond acceptors (Lipinski definition) is 3. The van der Waals surface area contributed by atoms with E-state index >= 15 is 0 Å². The van der Waals surface area contributed by atoms with Crippen molar-refractivity contribution in [2.45, 2.75) is 51.3 Å². The average molecular weight is 404 g/mol. The van der Waals surface area contributed by atoms with E-state index in [1.165, 1.54) is 0 Å². The fraction of sp³-hybridized carbons (Fsp3) is 0.588. The summed E-state index contributed by atoms with van der Waals surface area (Å²) < 4.78 is 6.64. The molecule has 2 heterocycles. The summed E-state index contributed by atoms with van der Waals surface area (Å²) in [5.41, 5.74) is 0.712. The molecular formula is C17H24BrClN2O2. The normalized spacial score (nSPS) is 23.4. The predicted molar refractivity (Wildman–Crippen MR) is 97.6 cm³/mol. The van der Waals surface area contributed by atoms with Gasteiger partial charge in [0.05, 0.1) is 6.10 Å². The van der Waals surface area contributed by atoms with Gasteiger partial charge in [0.25, 0.3) is 5.91 Å². The zero-order valence-electron chi connectivity index (χ0n) is 13.5. The van der Waals surface area contributed by atoms with Crippen LogP contribution in [0, 0.1) is 0 Å². The van der Waals surface area contributed by atoms with E-state index in [4.69, 9.17) is 4.74 Å². The maximum atomic E-state index is 13.0. The number of carbonyl (C=O) groups excluding carboxylic acids is 1. The molecule has 128 valence electrons. The number of nitrogens with zero attached hydrogens (tertiary/aromatic N) is 1. The Kier molecular flexibility index (Phi) is 6.34. The molecule has 1 N–H and O–H groups in total. The number of nitrogens with one attached hydrogen (secondary N) is 1. The van der Waals surface area contributed by atoms with Gasteiger partial charge in [0.2, 0.25) is 0 Å². The van der Waals surface area contributed by atoms with E-state index in [0.717, 1.165) is 42.6 Å². The lowest BCUT2D eigenvalue weighted by Gasteiger charge is -2.28. The molecule has 6 heteroatoms. The number of ether oxygens (including phenoxy) is 1. The van der Waals surface area contributed by atoms with E-state index in [0.29, 0.717) is 17.6 Å². The van der Waals surface area contributed by atoms with Crippen LogP contribution in [-0.4, -0.2) is 42.1 Å². The van der Waals surface area contributed by atoms with Crippen LogP contribution in [0.2, 0.25) is 0 Å². The zero-order chi connectivity index (χ0) is 15.7. The van der Waals surface area contributed by atoms with Gasteiger partial charge in [-0.2, -0.15) is 0 Å². The maximum Gasteiger partial charge on any atom is 0.254 e. The molecule has 1 aromatic rings. The highest BCUT2D eigenvalue weighted by molar-refractivity contribution is 9.10. The highest BCUT2D eigenvalue weighted by Crippen LogP contribution is 2.31. The smallest absolute Gasteiger partial charge is 0.254 e. The molecule has 0 aliphatic carbocycles. The second-order valence-corrected chi connectivity index (χ2v) is 7.35. The molecule has 0 spiro atoms. The molecule has 0 saturated carbocycles. The SMILES string of the molecule is CC(C)Oc1cc(Br)cc(C(=O)N2C3CCNCC2CC3)c1.Cl. The quantitative estimate of drug-likeness (QED) is 0.838.